The highest BCUT2D eigenvalue weighted by molar-refractivity contribution is 7.98. The number of imidazole rings is 1. The Bertz CT molecular complexity index is 603. The molecule has 2 aromatic rings. The van der Waals surface area contributed by atoms with Crippen LogP contribution >= 0.6 is 11.8 Å². The smallest absolute Gasteiger partial charge is 0.272 e. The van der Waals surface area contributed by atoms with Gasteiger partial charge in [-0.05, 0) is 31.2 Å². The number of benzene rings is 1. The van der Waals surface area contributed by atoms with Gasteiger partial charge >= 0.3 is 0 Å². The highest BCUT2D eigenvalue weighted by Gasteiger charge is 2.24. The summed E-state index contributed by atoms with van der Waals surface area (Å²) in [6.07, 6.45) is 5.87. The Morgan fingerprint density at radius 2 is 1.90 bits per heavy atom. The molecule has 0 saturated carbocycles. The molecule has 0 aliphatic carbocycles. The Labute approximate surface area is 122 Å². The van der Waals surface area contributed by atoms with Crippen LogP contribution in [0.4, 0.5) is 0 Å². The van der Waals surface area contributed by atoms with Crippen LogP contribution in [-0.2, 0) is 0 Å². The maximum absolute atomic E-state index is 12.6. The second-order valence-electron chi connectivity index (χ2n) is 4.80. The number of rotatable bonds is 3. The van der Waals surface area contributed by atoms with Crippen molar-refractivity contribution in [2.75, 3.05) is 19.3 Å². The Morgan fingerprint density at radius 3 is 2.55 bits per heavy atom. The summed E-state index contributed by atoms with van der Waals surface area (Å²) in [6, 6.07) is 9.93. The summed E-state index contributed by atoms with van der Waals surface area (Å²) in [7, 11) is 0. The van der Waals surface area contributed by atoms with Gasteiger partial charge in [0.2, 0.25) is 0 Å². The summed E-state index contributed by atoms with van der Waals surface area (Å²) in [5.74, 6) is 0.0825. The predicted octanol–water partition coefficient (Wildman–Crippen LogP) is 2.83. The molecule has 3 rings (SSSR count). The van der Waals surface area contributed by atoms with E-state index in [-0.39, 0.29) is 5.91 Å². The molecule has 0 unspecified atom stereocenters. The first kappa shape index (κ1) is 13.2. The maximum Gasteiger partial charge on any atom is 0.272 e. The molecule has 0 spiro atoms. The lowest BCUT2D eigenvalue weighted by Gasteiger charge is -2.17. The van der Waals surface area contributed by atoms with E-state index in [1.165, 1.54) is 0 Å². The summed E-state index contributed by atoms with van der Waals surface area (Å²) in [5.41, 5.74) is 1.64. The van der Waals surface area contributed by atoms with E-state index in [2.05, 4.69) is 4.98 Å². The average molecular weight is 287 g/mol. The van der Waals surface area contributed by atoms with Gasteiger partial charge in [0.05, 0.1) is 6.20 Å². The van der Waals surface area contributed by atoms with Gasteiger partial charge < -0.3 is 4.90 Å². The molecular formula is C15H17N3OS. The van der Waals surface area contributed by atoms with Gasteiger partial charge in [-0.2, -0.15) is 0 Å². The summed E-state index contributed by atoms with van der Waals surface area (Å²) in [4.78, 5) is 18.9. The van der Waals surface area contributed by atoms with Crippen molar-refractivity contribution in [1.29, 1.82) is 0 Å². The van der Waals surface area contributed by atoms with Crippen LogP contribution in [0.1, 0.15) is 23.3 Å². The van der Waals surface area contributed by atoms with E-state index in [1.807, 2.05) is 46.1 Å². The molecule has 4 nitrogen and oxygen atoms in total. The third-order valence-electron chi connectivity index (χ3n) is 3.54. The average Bonchev–Trinajstić information content (AvgIpc) is 3.16. The fourth-order valence-electron chi connectivity index (χ4n) is 2.54. The van der Waals surface area contributed by atoms with Crippen molar-refractivity contribution in [3.63, 3.8) is 0 Å². The molecule has 2 heterocycles. The number of carbonyl (C=O) groups excluding carboxylic acids is 1. The molecule has 1 saturated heterocycles. The van der Waals surface area contributed by atoms with Crippen LogP contribution in [0.2, 0.25) is 0 Å². The zero-order valence-corrected chi connectivity index (χ0v) is 12.3. The maximum atomic E-state index is 12.6. The first-order valence-electron chi connectivity index (χ1n) is 6.77. The summed E-state index contributed by atoms with van der Waals surface area (Å²) in [6.45, 7) is 1.71. The molecule has 20 heavy (non-hydrogen) atoms. The molecule has 1 fully saturated rings. The Kier molecular flexibility index (Phi) is 3.78. The monoisotopic (exact) mass is 287 g/mol. The van der Waals surface area contributed by atoms with E-state index in [9.17, 15) is 4.79 Å². The van der Waals surface area contributed by atoms with Crippen LogP contribution in [0.15, 0.2) is 41.7 Å². The first-order valence-corrected chi connectivity index (χ1v) is 8.00. The molecule has 1 aromatic carbocycles. The molecule has 1 aliphatic rings. The number of likely N-dealkylation sites (tertiary alicyclic amines) is 1. The van der Waals surface area contributed by atoms with Crippen LogP contribution in [0.3, 0.4) is 0 Å². The second kappa shape index (κ2) is 5.71. The van der Waals surface area contributed by atoms with Crippen molar-refractivity contribution < 1.29 is 4.79 Å². The van der Waals surface area contributed by atoms with Crippen molar-refractivity contribution in [3.8, 4) is 5.69 Å². The number of hydrogen-bond donors (Lipinski definition) is 0. The topological polar surface area (TPSA) is 38.1 Å². The number of thioether (sulfide) groups is 1. The minimum atomic E-state index is 0.0825. The number of carbonyl (C=O) groups is 1. The lowest BCUT2D eigenvalue weighted by atomic mass is 10.3. The lowest BCUT2D eigenvalue weighted by molar-refractivity contribution is 0.0784. The molecule has 1 aromatic heterocycles. The summed E-state index contributed by atoms with van der Waals surface area (Å²) >= 11 is 1.55. The number of nitrogens with zero attached hydrogens (tertiary/aromatic N) is 3. The van der Waals surface area contributed by atoms with Crippen molar-refractivity contribution in [3.05, 3.63) is 42.2 Å². The van der Waals surface area contributed by atoms with E-state index in [0.717, 1.165) is 36.8 Å². The Hall–Kier alpha value is -1.75. The van der Waals surface area contributed by atoms with Crippen LogP contribution in [0.5, 0.6) is 0 Å². The second-order valence-corrected chi connectivity index (χ2v) is 5.57. The van der Waals surface area contributed by atoms with Crippen molar-refractivity contribution in [2.45, 2.75) is 18.0 Å². The molecule has 0 bridgehead atoms. The van der Waals surface area contributed by atoms with E-state index in [1.54, 1.807) is 18.0 Å². The van der Waals surface area contributed by atoms with Gasteiger partial charge in [0.1, 0.15) is 5.69 Å². The fraction of sp³-hybridized carbons (Fsp3) is 0.333. The van der Waals surface area contributed by atoms with Gasteiger partial charge in [0.15, 0.2) is 5.16 Å². The van der Waals surface area contributed by atoms with Gasteiger partial charge in [0.25, 0.3) is 5.91 Å². The normalized spacial score (nSPS) is 14.8. The first-order chi connectivity index (χ1) is 9.81. The number of aromatic nitrogens is 2. The zero-order valence-electron chi connectivity index (χ0n) is 11.5. The van der Waals surface area contributed by atoms with E-state index in [0.29, 0.717) is 5.69 Å². The standard InChI is InChI=1S/C15H17N3OS/c1-20-15-16-11-13(14(19)17-9-5-6-10-17)18(15)12-7-3-2-4-8-12/h2-4,7-8,11H,5-6,9-10H2,1H3. The van der Waals surface area contributed by atoms with E-state index >= 15 is 0 Å². The molecular weight excluding hydrogens is 270 g/mol. The molecule has 5 heteroatoms. The van der Waals surface area contributed by atoms with Crippen molar-refractivity contribution in [1.82, 2.24) is 14.5 Å². The minimum Gasteiger partial charge on any atom is -0.337 e. The molecule has 0 atom stereocenters. The minimum absolute atomic E-state index is 0.0825. The SMILES string of the molecule is CSc1ncc(C(=O)N2CCCC2)n1-c1ccccc1. The molecule has 1 amide bonds. The van der Waals surface area contributed by atoms with Gasteiger partial charge in [0, 0.05) is 18.8 Å². The quantitative estimate of drug-likeness (QED) is 0.815. The number of hydrogen-bond acceptors (Lipinski definition) is 3. The van der Waals surface area contributed by atoms with Crippen molar-refractivity contribution >= 4 is 17.7 Å². The van der Waals surface area contributed by atoms with Crippen LogP contribution in [0, 0.1) is 0 Å². The van der Waals surface area contributed by atoms with Gasteiger partial charge in [-0.3, -0.25) is 9.36 Å². The molecule has 0 radical (unpaired) electrons. The van der Waals surface area contributed by atoms with Crippen LogP contribution in [0.25, 0.3) is 5.69 Å². The Morgan fingerprint density at radius 1 is 1.20 bits per heavy atom. The van der Waals surface area contributed by atoms with Gasteiger partial charge in [-0.15, -0.1) is 0 Å². The summed E-state index contributed by atoms with van der Waals surface area (Å²) in [5, 5.41) is 0.846. The van der Waals surface area contributed by atoms with Gasteiger partial charge in [-0.25, -0.2) is 4.98 Å². The third kappa shape index (κ3) is 2.33. The van der Waals surface area contributed by atoms with Gasteiger partial charge in [-0.1, -0.05) is 30.0 Å². The molecule has 104 valence electrons. The predicted molar refractivity (Wildman–Crippen MR) is 80.5 cm³/mol. The highest BCUT2D eigenvalue weighted by atomic mass is 32.2. The van der Waals surface area contributed by atoms with Crippen LogP contribution < -0.4 is 0 Å². The van der Waals surface area contributed by atoms with Crippen LogP contribution in [-0.4, -0.2) is 39.7 Å². The van der Waals surface area contributed by atoms with E-state index < -0.39 is 0 Å². The lowest BCUT2D eigenvalue weighted by Crippen LogP contribution is -2.29. The fourth-order valence-corrected chi connectivity index (χ4v) is 3.08. The largest absolute Gasteiger partial charge is 0.337 e. The third-order valence-corrected chi connectivity index (χ3v) is 4.19. The molecule has 1 aliphatic heterocycles. The Balaban J connectivity index is 2.03. The number of amides is 1. The summed E-state index contributed by atoms with van der Waals surface area (Å²) < 4.78 is 1.95. The number of para-hydroxylation sites is 1. The zero-order chi connectivity index (χ0) is 13.9. The van der Waals surface area contributed by atoms with E-state index in [4.69, 9.17) is 0 Å². The molecule has 0 N–H and O–H groups in total. The highest BCUT2D eigenvalue weighted by Crippen LogP contribution is 2.23. The van der Waals surface area contributed by atoms with Crippen molar-refractivity contribution in [2.24, 2.45) is 0 Å².